The molecular formula is C15H23NO3. The highest BCUT2D eigenvalue weighted by Gasteiger charge is 2.11. The van der Waals surface area contributed by atoms with Crippen molar-refractivity contribution < 1.29 is 14.6 Å². The SMILES string of the molecule is COc1ccc(NC(CCCCO)CC(C)=O)cc1. The van der Waals surface area contributed by atoms with Crippen LogP contribution in [0.5, 0.6) is 5.75 Å². The Hall–Kier alpha value is -1.55. The summed E-state index contributed by atoms with van der Waals surface area (Å²) >= 11 is 0. The van der Waals surface area contributed by atoms with Gasteiger partial charge in [0.1, 0.15) is 11.5 Å². The van der Waals surface area contributed by atoms with Gasteiger partial charge in [0.05, 0.1) is 7.11 Å². The van der Waals surface area contributed by atoms with Gasteiger partial charge in [-0.05, 0) is 50.5 Å². The number of methoxy groups -OCH3 is 1. The third-order valence-electron chi connectivity index (χ3n) is 2.96. The van der Waals surface area contributed by atoms with Gasteiger partial charge in [0.2, 0.25) is 0 Å². The second kappa shape index (κ2) is 8.53. The molecule has 0 amide bonds. The first-order valence-electron chi connectivity index (χ1n) is 6.66. The number of aliphatic hydroxyl groups is 1. The zero-order valence-corrected chi connectivity index (χ0v) is 11.7. The molecule has 0 heterocycles. The van der Waals surface area contributed by atoms with E-state index >= 15 is 0 Å². The fraction of sp³-hybridized carbons (Fsp3) is 0.533. The number of carbonyl (C=O) groups excluding carboxylic acids is 1. The molecule has 0 bridgehead atoms. The van der Waals surface area contributed by atoms with Crippen molar-refractivity contribution in [1.29, 1.82) is 0 Å². The van der Waals surface area contributed by atoms with Gasteiger partial charge in [-0.1, -0.05) is 0 Å². The maximum atomic E-state index is 11.3. The van der Waals surface area contributed by atoms with Crippen LogP contribution in [0.3, 0.4) is 0 Å². The van der Waals surface area contributed by atoms with Crippen LogP contribution in [-0.2, 0) is 4.79 Å². The fourth-order valence-corrected chi connectivity index (χ4v) is 2.00. The molecule has 1 rings (SSSR count). The van der Waals surface area contributed by atoms with Gasteiger partial charge >= 0.3 is 0 Å². The molecule has 0 saturated heterocycles. The van der Waals surface area contributed by atoms with E-state index in [1.54, 1.807) is 14.0 Å². The van der Waals surface area contributed by atoms with E-state index in [-0.39, 0.29) is 18.4 Å². The van der Waals surface area contributed by atoms with Crippen molar-refractivity contribution in [3.05, 3.63) is 24.3 Å². The highest BCUT2D eigenvalue weighted by Crippen LogP contribution is 2.18. The number of Topliss-reactive ketones (excluding diaryl/α,β-unsaturated/α-hetero) is 1. The molecule has 1 aromatic rings. The van der Waals surface area contributed by atoms with Gasteiger partial charge in [0.25, 0.3) is 0 Å². The highest BCUT2D eigenvalue weighted by molar-refractivity contribution is 5.76. The number of ketones is 1. The molecule has 4 nitrogen and oxygen atoms in total. The Morgan fingerprint density at radius 3 is 2.53 bits per heavy atom. The number of ether oxygens (including phenoxy) is 1. The second-order valence-corrected chi connectivity index (χ2v) is 4.70. The lowest BCUT2D eigenvalue weighted by molar-refractivity contribution is -0.117. The number of nitrogens with one attached hydrogen (secondary N) is 1. The zero-order chi connectivity index (χ0) is 14.1. The lowest BCUT2D eigenvalue weighted by Crippen LogP contribution is -2.22. The Kier molecular flexibility index (Phi) is 6.97. The minimum Gasteiger partial charge on any atom is -0.497 e. The number of rotatable bonds is 9. The molecule has 0 aliphatic rings. The molecule has 2 N–H and O–H groups in total. The molecule has 0 aliphatic carbocycles. The van der Waals surface area contributed by atoms with E-state index in [2.05, 4.69) is 5.32 Å². The quantitative estimate of drug-likeness (QED) is 0.674. The summed E-state index contributed by atoms with van der Waals surface area (Å²) in [6, 6.07) is 7.79. The zero-order valence-electron chi connectivity index (χ0n) is 11.7. The molecule has 0 aliphatic heterocycles. The Bertz CT molecular complexity index is 375. The van der Waals surface area contributed by atoms with Gasteiger partial charge in [-0.25, -0.2) is 0 Å². The number of hydrogen-bond donors (Lipinski definition) is 2. The minimum absolute atomic E-state index is 0.123. The van der Waals surface area contributed by atoms with E-state index in [1.807, 2.05) is 24.3 Å². The van der Waals surface area contributed by atoms with E-state index in [4.69, 9.17) is 9.84 Å². The predicted octanol–water partition coefficient (Wildman–Crippen LogP) is 2.62. The van der Waals surface area contributed by atoms with Gasteiger partial charge in [-0.3, -0.25) is 4.79 Å². The van der Waals surface area contributed by atoms with E-state index in [1.165, 1.54) is 0 Å². The van der Waals surface area contributed by atoms with Crippen LogP contribution in [0.2, 0.25) is 0 Å². The third kappa shape index (κ3) is 6.25. The number of benzene rings is 1. The van der Waals surface area contributed by atoms with Crippen molar-refractivity contribution in [2.45, 2.75) is 38.6 Å². The van der Waals surface area contributed by atoms with E-state index in [0.717, 1.165) is 30.7 Å². The van der Waals surface area contributed by atoms with Gasteiger partial charge < -0.3 is 15.2 Å². The molecule has 1 atom stereocenters. The summed E-state index contributed by atoms with van der Waals surface area (Å²) < 4.78 is 5.11. The molecular weight excluding hydrogens is 242 g/mol. The van der Waals surface area contributed by atoms with Crippen molar-refractivity contribution in [1.82, 2.24) is 0 Å². The molecule has 0 saturated carbocycles. The first-order valence-corrected chi connectivity index (χ1v) is 6.66. The molecule has 0 fully saturated rings. The predicted molar refractivity (Wildman–Crippen MR) is 76.6 cm³/mol. The summed E-state index contributed by atoms with van der Waals surface area (Å²) in [4.78, 5) is 11.3. The summed E-state index contributed by atoms with van der Waals surface area (Å²) in [6.45, 7) is 1.81. The number of unbranched alkanes of at least 4 members (excludes halogenated alkanes) is 1. The van der Waals surface area contributed by atoms with E-state index in [9.17, 15) is 4.79 Å². The molecule has 0 radical (unpaired) electrons. The average Bonchev–Trinajstić information content (AvgIpc) is 2.39. The minimum atomic E-state index is 0.123. The number of anilines is 1. The van der Waals surface area contributed by atoms with Crippen LogP contribution in [-0.4, -0.2) is 30.6 Å². The van der Waals surface area contributed by atoms with E-state index < -0.39 is 0 Å². The summed E-state index contributed by atoms with van der Waals surface area (Å²) in [6.07, 6.45) is 3.08. The maximum Gasteiger partial charge on any atom is 0.131 e. The summed E-state index contributed by atoms with van der Waals surface area (Å²) in [5, 5.41) is 12.2. The van der Waals surface area contributed by atoms with Crippen LogP contribution in [0.4, 0.5) is 5.69 Å². The molecule has 4 heteroatoms. The normalized spacial score (nSPS) is 11.9. The average molecular weight is 265 g/mol. The van der Waals surface area contributed by atoms with E-state index in [0.29, 0.717) is 6.42 Å². The molecule has 0 spiro atoms. The van der Waals surface area contributed by atoms with Gasteiger partial charge in [0.15, 0.2) is 0 Å². The number of hydrogen-bond acceptors (Lipinski definition) is 4. The van der Waals surface area contributed by atoms with Crippen LogP contribution in [0.1, 0.15) is 32.6 Å². The Morgan fingerprint density at radius 2 is 2.00 bits per heavy atom. The monoisotopic (exact) mass is 265 g/mol. The Labute approximate surface area is 114 Å². The van der Waals surface area contributed by atoms with Crippen molar-refractivity contribution in [3.63, 3.8) is 0 Å². The third-order valence-corrected chi connectivity index (χ3v) is 2.96. The topological polar surface area (TPSA) is 58.6 Å². The van der Waals surface area contributed by atoms with Crippen LogP contribution in [0.25, 0.3) is 0 Å². The number of aliphatic hydroxyl groups excluding tert-OH is 1. The van der Waals surface area contributed by atoms with Crippen molar-refractivity contribution >= 4 is 11.5 Å². The summed E-state index contributed by atoms with van der Waals surface area (Å²) in [7, 11) is 1.63. The van der Waals surface area contributed by atoms with Crippen LogP contribution < -0.4 is 10.1 Å². The van der Waals surface area contributed by atoms with Crippen molar-refractivity contribution in [3.8, 4) is 5.75 Å². The van der Waals surface area contributed by atoms with Gasteiger partial charge in [-0.15, -0.1) is 0 Å². The number of carbonyl (C=O) groups is 1. The fourth-order valence-electron chi connectivity index (χ4n) is 2.00. The molecule has 19 heavy (non-hydrogen) atoms. The lowest BCUT2D eigenvalue weighted by atomic mass is 10.0. The standard InChI is InChI=1S/C15H23NO3/c1-12(18)11-14(5-3-4-10-17)16-13-6-8-15(19-2)9-7-13/h6-9,14,16-17H,3-5,10-11H2,1-2H3. The lowest BCUT2D eigenvalue weighted by Gasteiger charge is -2.19. The molecule has 106 valence electrons. The first-order chi connectivity index (χ1) is 9.15. The van der Waals surface area contributed by atoms with Crippen molar-refractivity contribution in [2.24, 2.45) is 0 Å². The molecule has 1 aromatic carbocycles. The van der Waals surface area contributed by atoms with Gasteiger partial charge in [-0.2, -0.15) is 0 Å². The van der Waals surface area contributed by atoms with Gasteiger partial charge in [0, 0.05) is 24.8 Å². The smallest absolute Gasteiger partial charge is 0.131 e. The maximum absolute atomic E-state index is 11.3. The summed E-state index contributed by atoms with van der Waals surface area (Å²) in [5.41, 5.74) is 0.982. The first kappa shape index (κ1) is 15.5. The van der Waals surface area contributed by atoms with Crippen molar-refractivity contribution in [2.75, 3.05) is 19.0 Å². The summed E-state index contributed by atoms with van der Waals surface area (Å²) in [5.74, 6) is 0.990. The Balaban J connectivity index is 2.55. The largest absolute Gasteiger partial charge is 0.497 e. The van der Waals surface area contributed by atoms with Crippen LogP contribution in [0.15, 0.2) is 24.3 Å². The molecule has 0 aromatic heterocycles. The van der Waals surface area contributed by atoms with Crippen LogP contribution >= 0.6 is 0 Å². The van der Waals surface area contributed by atoms with Crippen LogP contribution in [0, 0.1) is 0 Å². The Morgan fingerprint density at radius 1 is 1.32 bits per heavy atom. The second-order valence-electron chi connectivity index (χ2n) is 4.70. The highest BCUT2D eigenvalue weighted by atomic mass is 16.5. The molecule has 1 unspecified atom stereocenters.